The molecule has 1 aromatic rings. The van der Waals surface area contributed by atoms with Crippen LogP contribution in [0.15, 0.2) is 22.0 Å². The van der Waals surface area contributed by atoms with E-state index in [-0.39, 0.29) is 21.2 Å². The molecule has 0 heterocycles. The predicted octanol–water partition coefficient (Wildman–Crippen LogP) is -0.261. The number of carbonyl (C=O) groups is 1. The minimum absolute atomic E-state index is 0.0629. The van der Waals surface area contributed by atoms with Gasteiger partial charge >= 0.3 is 0 Å². The molecule has 1 rings (SSSR count). The summed E-state index contributed by atoms with van der Waals surface area (Å²) in [5.74, 6) is -1.24. The fraction of sp³-hybridized carbons (Fsp3) is 0.111. The lowest BCUT2D eigenvalue weighted by Crippen LogP contribution is -2.24. The van der Waals surface area contributed by atoms with Crippen molar-refractivity contribution >= 4 is 39.0 Å². The maximum Gasteiger partial charge on any atom is 0.280 e. The van der Waals surface area contributed by atoms with E-state index in [2.05, 4.69) is 4.99 Å². The van der Waals surface area contributed by atoms with Crippen molar-refractivity contribution in [2.45, 2.75) is 4.90 Å². The molecule has 0 aliphatic rings. The van der Waals surface area contributed by atoms with Crippen molar-refractivity contribution in [3.05, 3.63) is 22.7 Å². The average molecular weight is 291 g/mol. The van der Waals surface area contributed by atoms with Crippen molar-refractivity contribution in [3.63, 3.8) is 0 Å². The number of amides is 1. The van der Waals surface area contributed by atoms with Gasteiger partial charge in [-0.05, 0) is 12.1 Å². The van der Waals surface area contributed by atoms with Gasteiger partial charge in [0, 0.05) is 11.8 Å². The standard InChI is InChI=1S/C9H11ClN4O3S/c1-18(16,17)6-3-4(2-5(10)7(6)11)8(15)14-9(12)13/h2-3H,11H2,1H3,(H4,12,13,14,15). The molecule has 0 bridgehead atoms. The molecule has 0 aliphatic carbocycles. The Morgan fingerprint density at radius 3 is 2.33 bits per heavy atom. The molecule has 0 saturated carbocycles. The van der Waals surface area contributed by atoms with Crippen molar-refractivity contribution in [1.29, 1.82) is 0 Å². The molecule has 0 spiro atoms. The second-order valence-electron chi connectivity index (χ2n) is 3.48. The molecular formula is C9H11ClN4O3S. The van der Waals surface area contributed by atoms with Crippen LogP contribution in [0.25, 0.3) is 0 Å². The van der Waals surface area contributed by atoms with Gasteiger partial charge in [-0.3, -0.25) is 4.79 Å². The largest absolute Gasteiger partial charge is 0.396 e. The van der Waals surface area contributed by atoms with Crippen LogP contribution >= 0.6 is 11.6 Å². The number of anilines is 1. The van der Waals surface area contributed by atoms with E-state index >= 15 is 0 Å². The van der Waals surface area contributed by atoms with Gasteiger partial charge in [0.1, 0.15) is 0 Å². The molecule has 0 aliphatic heterocycles. The third-order valence-electron chi connectivity index (χ3n) is 1.97. The summed E-state index contributed by atoms with van der Waals surface area (Å²) < 4.78 is 22.9. The van der Waals surface area contributed by atoms with Gasteiger partial charge in [-0.1, -0.05) is 11.6 Å². The van der Waals surface area contributed by atoms with Gasteiger partial charge in [0.2, 0.25) is 0 Å². The molecular weight excluding hydrogens is 280 g/mol. The fourth-order valence-corrected chi connectivity index (χ4v) is 2.33. The number of aliphatic imine (C=N–C) groups is 1. The average Bonchev–Trinajstić information content (AvgIpc) is 2.18. The number of carbonyl (C=O) groups excluding carboxylic acids is 1. The summed E-state index contributed by atoms with van der Waals surface area (Å²) >= 11 is 5.75. The zero-order valence-corrected chi connectivity index (χ0v) is 10.9. The van der Waals surface area contributed by atoms with Crippen LogP contribution < -0.4 is 17.2 Å². The predicted molar refractivity (Wildman–Crippen MR) is 69.1 cm³/mol. The van der Waals surface area contributed by atoms with E-state index in [1.165, 1.54) is 6.07 Å². The van der Waals surface area contributed by atoms with Gasteiger partial charge in [-0.15, -0.1) is 0 Å². The first-order valence-corrected chi connectivity index (χ1v) is 6.83. The van der Waals surface area contributed by atoms with Crippen LogP contribution in [0, 0.1) is 0 Å². The number of nitrogens with zero attached hydrogens (tertiary/aromatic N) is 1. The van der Waals surface area contributed by atoms with Crippen molar-refractivity contribution in [2.75, 3.05) is 12.0 Å². The summed E-state index contributed by atoms with van der Waals surface area (Å²) in [6, 6.07) is 2.27. The highest BCUT2D eigenvalue weighted by atomic mass is 35.5. The third kappa shape index (κ3) is 3.11. The number of guanidine groups is 1. The van der Waals surface area contributed by atoms with Crippen molar-refractivity contribution in [3.8, 4) is 0 Å². The number of nitrogens with two attached hydrogens (primary N) is 3. The van der Waals surface area contributed by atoms with Crippen LogP contribution in [0.4, 0.5) is 5.69 Å². The van der Waals surface area contributed by atoms with Gasteiger partial charge < -0.3 is 17.2 Å². The number of halogens is 1. The molecule has 0 unspecified atom stereocenters. The Hall–Kier alpha value is -1.80. The molecule has 7 nitrogen and oxygen atoms in total. The Morgan fingerprint density at radius 2 is 1.89 bits per heavy atom. The van der Waals surface area contributed by atoms with Crippen LogP contribution in [-0.4, -0.2) is 26.5 Å². The molecule has 9 heteroatoms. The Balaban J connectivity index is 3.48. The first kappa shape index (κ1) is 14.3. The van der Waals surface area contributed by atoms with E-state index in [1.807, 2.05) is 0 Å². The lowest BCUT2D eigenvalue weighted by Gasteiger charge is -2.07. The maximum atomic E-state index is 11.6. The number of nitrogen functional groups attached to an aromatic ring is 1. The van der Waals surface area contributed by atoms with Crippen LogP contribution in [0.1, 0.15) is 10.4 Å². The number of hydrogen-bond acceptors (Lipinski definition) is 4. The highest BCUT2D eigenvalue weighted by Crippen LogP contribution is 2.28. The third-order valence-corrected chi connectivity index (χ3v) is 3.42. The lowest BCUT2D eigenvalue weighted by atomic mass is 10.2. The van der Waals surface area contributed by atoms with Crippen molar-refractivity contribution in [1.82, 2.24) is 0 Å². The molecule has 1 amide bonds. The minimum atomic E-state index is -3.61. The summed E-state index contributed by atoms with van der Waals surface area (Å²) in [5, 5.41) is -0.0629. The number of sulfone groups is 1. The van der Waals surface area contributed by atoms with E-state index in [1.54, 1.807) is 0 Å². The lowest BCUT2D eigenvalue weighted by molar-refractivity contribution is 0.100. The molecule has 1 aromatic carbocycles. The van der Waals surface area contributed by atoms with Gasteiger partial charge in [-0.25, -0.2) is 8.42 Å². The zero-order chi connectivity index (χ0) is 14.1. The van der Waals surface area contributed by atoms with E-state index in [4.69, 9.17) is 28.8 Å². The normalized spacial score (nSPS) is 11.0. The SMILES string of the molecule is CS(=O)(=O)c1cc(C(=O)N=C(N)N)cc(Cl)c1N. The summed E-state index contributed by atoms with van der Waals surface area (Å²) in [6.07, 6.45) is 0.948. The molecule has 0 fully saturated rings. The molecule has 0 aromatic heterocycles. The Kier molecular flexibility index (Phi) is 3.82. The minimum Gasteiger partial charge on any atom is -0.396 e. The van der Waals surface area contributed by atoms with Crippen LogP contribution in [0.2, 0.25) is 5.02 Å². The molecule has 0 radical (unpaired) electrons. The summed E-state index contributed by atoms with van der Waals surface area (Å²) in [5.41, 5.74) is 15.4. The number of hydrogen-bond donors (Lipinski definition) is 3. The van der Waals surface area contributed by atoms with Gasteiger partial charge in [0.15, 0.2) is 15.8 Å². The summed E-state index contributed by atoms with van der Waals surface area (Å²) in [6.45, 7) is 0. The van der Waals surface area contributed by atoms with Crippen molar-refractivity contribution in [2.24, 2.45) is 16.5 Å². The second kappa shape index (κ2) is 4.83. The second-order valence-corrected chi connectivity index (χ2v) is 5.88. The topological polar surface area (TPSA) is 142 Å². The molecule has 0 atom stereocenters. The zero-order valence-electron chi connectivity index (χ0n) is 9.34. The Labute approximate surface area is 109 Å². The molecule has 18 heavy (non-hydrogen) atoms. The van der Waals surface area contributed by atoms with E-state index < -0.39 is 21.7 Å². The van der Waals surface area contributed by atoms with Gasteiger partial charge in [0.25, 0.3) is 5.91 Å². The Morgan fingerprint density at radius 1 is 1.33 bits per heavy atom. The maximum absolute atomic E-state index is 11.6. The summed E-state index contributed by atoms with van der Waals surface area (Å²) in [4.78, 5) is 14.6. The summed E-state index contributed by atoms with van der Waals surface area (Å²) in [7, 11) is -3.61. The first-order valence-electron chi connectivity index (χ1n) is 4.56. The molecule has 98 valence electrons. The first-order chi connectivity index (χ1) is 8.12. The quantitative estimate of drug-likeness (QED) is 0.389. The van der Waals surface area contributed by atoms with Crippen LogP contribution in [0.3, 0.4) is 0 Å². The van der Waals surface area contributed by atoms with Gasteiger partial charge in [-0.2, -0.15) is 4.99 Å². The van der Waals surface area contributed by atoms with Crippen LogP contribution in [-0.2, 0) is 9.84 Å². The number of benzene rings is 1. The Bertz CT molecular complexity index is 635. The highest BCUT2D eigenvalue weighted by molar-refractivity contribution is 7.90. The highest BCUT2D eigenvalue weighted by Gasteiger charge is 2.18. The number of rotatable bonds is 2. The van der Waals surface area contributed by atoms with E-state index in [9.17, 15) is 13.2 Å². The van der Waals surface area contributed by atoms with Crippen molar-refractivity contribution < 1.29 is 13.2 Å². The molecule has 0 saturated heterocycles. The van der Waals surface area contributed by atoms with Crippen LogP contribution in [0.5, 0.6) is 0 Å². The molecule has 6 N–H and O–H groups in total. The smallest absolute Gasteiger partial charge is 0.280 e. The fourth-order valence-electron chi connectivity index (χ4n) is 1.20. The monoisotopic (exact) mass is 290 g/mol. The van der Waals surface area contributed by atoms with E-state index in [0.717, 1.165) is 12.3 Å². The van der Waals surface area contributed by atoms with E-state index in [0.29, 0.717) is 0 Å². The van der Waals surface area contributed by atoms with Gasteiger partial charge in [0.05, 0.1) is 15.6 Å².